The van der Waals surface area contributed by atoms with E-state index in [0.717, 1.165) is 32.5 Å². The highest BCUT2D eigenvalue weighted by molar-refractivity contribution is 9.10. The second-order valence-corrected chi connectivity index (χ2v) is 4.84. The van der Waals surface area contributed by atoms with E-state index in [2.05, 4.69) is 15.9 Å². The van der Waals surface area contributed by atoms with Gasteiger partial charge in [-0.15, -0.1) is 11.8 Å². The van der Waals surface area contributed by atoms with Crippen molar-refractivity contribution in [2.24, 2.45) is 0 Å². The fourth-order valence-electron chi connectivity index (χ4n) is 1.08. The molecule has 0 radical (unpaired) electrons. The first-order valence-electron chi connectivity index (χ1n) is 3.52. The molecule has 0 unspecified atom stereocenters. The molecule has 0 atom stereocenters. The second kappa shape index (κ2) is 3.48. The lowest BCUT2D eigenvalue weighted by molar-refractivity contribution is 0.328. The Kier molecular flexibility index (Phi) is 2.53. The predicted molar refractivity (Wildman–Crippen MR) is 55.4 cm³/mol. The molecule has 1 heterocycles. The number of fused-ring (bicyclic) bond motifs is 1. The Hall–Kier alpha value is 0.140. The van der Waals surface area contributed by atoms with Crippen LogP contribution in [0.25, 0.3) is 0 Å². The first-order valence-corrected chi connectivity index (χ1v) is 5.67. The molecular weight excluding hydrogens is 260 g/mol. The lowest BCUT2D eigenvalue weighted by Crippen LogP contribution is -2.06. The van der Waals surface area contributed by atoms with Gasteiger partial charge in [-0.3, -0.25) is 0 Å². The Bertz CT molecular complexity index is 316. The van der Waals surface area contributed by atoms with Gasteiger partial charge >= 0.3 is 0 Å². The Morgan fingerprint density at radius 1 is 1.50 bits per heavy atom. The highest BCUT2D eigenvalue weighted by Crippen LogP contribution is 2.40. The normalized spacial score (nSPS) is 15.2. The molecule has 0 amide bonds. The lowest BCUT2D eigenvalue weighted by atomic mass is 10.3. The van der Waals surface area contributed by atoms with E-state index >= 15 is 0 Å². The third-order valence-electron chi connectivity index (χ3n) is 1.56. The Labute approximate surface area is 88.6 Å². The zero-order chi connectivity index (χ0) is 8.55. The van der Waals surface area contributed by atoms with Crippen molar-refractivity contribution in [3.05, 3.63) is 21.6 Å². The maximum atomic E-state index is 5.88. The Morgan fingerprint density at radius 3 is 3.17 bits per heavy atom. The minimum absolute atomic E-state index is 0.749. The molecule has 1 aromatic carbocycles. The van der Waals surface area contributed by atoms with Crippen LogP contribution in [0.1, 0.15) is 0 Å². The fourth-order valence-corrected chi connectivity index (χ4v) is 3.10. The third kappa shape index (κ3) is 1.58. The summed E-state index contributed by atoms with van der Waals surface area (Å²) in [5.41, 5.74) is 0. The second-order valence-electron chi connectivity index (χ2n) is 2.41. The van der Waals surface area contributed by atoms with Crippen molar-refractivity contribution in [3.63, 3.8) is 0 Å². The zero-order valence-electron chi connectivity index (χ0n) is 6.14. The van der Waals surface area contributed by atoms with Gasteiger partial charge in [-0.1, -0.05) is 11.6 Å². The maximum absolute atomic E-state index is 5.88. The summed E-state index contributed by atoms with van der Waals surface area (Å²) in [4.78, 5) is 1.13. The van der Waals surface area contributed by atoms with Gasteiger partial charge in [0.05, 0.1) is 16.0 Å². The highest BCUT2D eigenvalue weighted by Gasteiger charge is 2.14. The molecule has 0 saturated carbocycles. The van der Waals surface area contributed by atoms with Crippen LogP contribution in [0.3, 0.4) is 0 Å². The number of hydrogen-bond acceptors (Lipinski definition) is 2. The molecule has 0 saturated heterocycles. The molecular formula is C8H6BrClOS. The molecule has 0 bridgehead atoms. The van der Waals surface area contributed by atoms with Gasteiger partial charge in [-0.2, -0.15) is 0 Å². The average Bonchev–Trinajstić information content (AvgIpc) is 2.04. The van der Waals surface area contributed by atoms with Crippen LogP contribution >= 0.6 is 39.3 Å². The Balaban J connectivity index is 2.53. The summed E-state index contributed by atoms with van der Waals surface area (Å²) in [5.74, 6) is 1.93. The van der Waals surface area contributed by atoms with Crippen LogP contribution in [0, 0.1) is 0 Å². The molecule has 0 fully saturated rings. The summed E-state index contributed by atoms with van der Waals surface area (Å²) in [6.07, 6.45) is 0. The van der Waals surface area contributed by atoms with Crippen molar-refractivity contribution >= 4 is 39.3 Å². The van der Waals surface area contributed by atoms with Gasteiger partial charge in [-0.05, 0) is 28.1 Å². The van der Waals surface area contributed by atoms with Crippen LogP contribution < -0.4 is 4.74 Å². The minimum Gasteiger partial charge on any atom is -0.490 e. The minimum atomic E-state index is 0.749. The van der Waals surface area contributed by atoms with Crippen LogP contribution in [0.2, 0.25) is 5.02 Å². The highest BCUT2D eigenvalue weighted by atomic mass is 79.9. The third-order valence-corrected chi connectivity index (χ3v) is 3.35. The average molecular weight is 266 g/mol. The number of halogens is 2. The maximum Gasteiger partial charge on any atom is 0.147 e. The number of rotatable bonds is 0. The van der Waals surface area contributed by atoms with Gasteiger partial charge in [0.2, 0.25) is 0 Å². The van der Waals surface area contributed by atoms with Gasteiger partial charge in [0, 0.05) is 10.8 Å². The molecule has 0 spiro atoms. The molecule has 1 aliphatic rings. The first-order chi connectivity index (χ1) is 5.77. The van der Waals surface area contributed by atoms with E-state index in [9.17, 15) is 0 Å². The first kappa shape index (κ1) is 8.73. The number of thioether (sulfide) groups is 1. The summed E-state index contributed by atoms with van der Waals surface area (Å²) < 4.78 is 6.42. The quantitative estimate of drug-likeness (QED) is 0.709. The smallest absolute Gasteiger partial charge is 0.147 e. The number of ether oxygens (including phenoxy) is 1. The van der Waals surface area contributed by atoms with E-state index in [1.54, 1.807) is 11.8 Å². The SMILES string of the molecule is Clc1cc(Br)c2c(c1)SCCO2. The van der Waals surface area contributed by atoms with Crippen LogP contribution in [0.4, 0.5) is 0 Å². The van der Waals surface area contributed by atoms with Crippen molar-refractivity contribution in [1.29, 1.82) is 0 Å². The monoisotopic (exact) mass is 264 g/mol. The van der Waals surface area contributed by atoms with Crippen LogP contribution in [0.15, 0.2) is 21.5 Å². The molecule has 1 aromatic rings. The molecule has 0 aliphatic carbocycles. The number of benzene rings is 1. The van der Waals surface area contributed by atoms with Gasteiger partial charge < -0.3 is 4.74 Å². The Morgan fingerprint density at radius 2 is 2.33 bits per heavy atom. The summed E-state index contributed by atoms with van der Waals surface area (Å²) in [5, 5.41) is 0.749. The van der Waals surface area contributed by atoms with Gasteiger partial charge in [0.25, 0.3) is 0 Å². The molecule has 1 aliphatic heterocycles. The van der Waals surface area contributed by atoms with Gasteiger partial charge in [0.15, 0.2) is 0 Å². The molecule has 1 nitrogen and oxygen atoms in total. The molecule has 64 valence electrons. The predicted octanol–water partition coefficient (Wildman–Crippen LogP) is 3.59. The van der Waals surface area contributed by atoms with Crippen LogP contribution in [-0.4, -0.2) is 12.4 Å². The lowest BCUT2D eigenvalue weighted by Gasteiger charge is -2.17. The van der Waals surface area contributed by atoms with Crippen LogP contribution in [0.5, 0.6) is 5.75 Å². The van der Waals surface area contributed by atoms with E-state index < -0.39 is 0 Å². The standard InChI is InChI=1S/C8H6BrClOS/c9-6-3-5(10)4-7-8(6)11-1-2-12-7/h3-4H,1-2H2. The van der Waals surface area contributed by atoms with Crippen molar-refractivity contribution < 1.29 is 4.74 Å². The summed E-state index contributed by atoms with van der Waals surface area (Å²) in [7, 11) is 0. The largest absolute Gasteiger partial charge is 0.490 e. The van der Waals surface area contributed by atoms with E-state index in [4.69, 9.17) is 16.3 Å². The summed E-state index contributed by atoms with van der Waals surface area (Å²) in [6.45, 7) is 0.776. The van der Waals surface area contributed by atoms with Gasteiger partial charge in [-0.25, -0.2) is 0 Å². The van der Waals surface area contributed by atoms with Crippen LogP contribution in [-0.2, 0) is 0 Å². The van der Waals surface area contributed by atoms with Crippen molar-refractivity contribution in [2.45, 2.75) is 4.90 Å². The molecule has 0 aromatic heterocycles. The van der Waals surface area contributed by atoms with Crippen molar-refractivity contribution in [2.75, 3.05) is 12.4 Å². The molecule has 12 heavy (non-hydrogen) atoms. The fraction of sp³-hybridized carbons (Fsp3) is 0.250. The van der Waals surface area contributed by atoms with E-state index in [1.807, 2.05) is 12.1 Å². The zero-order valence-corrected chi connectivity index (χ0v) is 9.30. The summed E-state index contributed by atoms with van der Waals surface area (Å²) >= 11 is 11.1. The van der Waals surface area contributed by atoms with Gasteiger partial charge in [0.1, 0.15) is 5.75 Å². The summed E-state index contributed by atoms with van der Waals surface area (Å²) in [6, 6.07) is 3.79. The molecule has 4 heteroatoms. The molecule has 0 N–H and O–H groups in total. The van der Waals surface area contributed by atoms with Crippen molar-refractivity contribution in [3.8, 4) is 5.75 Å². The van der Waals surface area contributed by atoms with Crippen molar-refractivity contribution in [1.82, 2.24) is 0 Å². The van der Waals surface area contributed by atoms with E-state index in [-0.39, 0.29) is 0 Å². The number of hydrogen-bond donors (Lipinski definition) is 0. The molecule has 2 rings (SSSR count). The topological polar surface area (TPSA) is 9.23 Å². The van der Waals surface area contributed by atoms with E-state index in [1.165, 1.54) is 0 Å². The van der Waals surface area contributed by atoms with E-state index in [0.29, 0.717) is 0 Å².